The lowest BCUT2D eigenvalue weighted by molar-refractivity contribution is 0.242. The second-order valence-corrected chi connectivity index (χ2v) is 6.43. The van der Waals surface area contributed by atoms with Crippen LogP contribution < -0.4 is 10.1 Å². The van der Waals surface area contributed by atoms with Crippen molar-refractivity contribution in [1.29, 1.82) is 0 Å². The molecule has 1 fully saturated rings. The van der Waals surface area contributed by atoms with Crippen LogP contribution >= 0.6 is 11.8 Å². The number of amidine groups is 1. The largest absolute Gasteiger partial charge is 0.488 e. The zero-order valence-electron chi connectivity index (χ0n) is 11.4. The molecule has 3 unspecified atom stereocenters. The highest BCUT2D eigenvalue weighted by atomic mass is 32.2. The van der Waals surface area contributed by atoms with Crippen LogP contribution in [0.2, 0.25) is 0 Å². The Kier molecular flexibility index (Phi) is 3.69. The molecule has 0 amide bonds. The second-order valence-electron chi connectivity index (χ2n) is 5.42. The van der Waals surface area contributed by atoms with Gasteiger partial charge >= 0.3 is 0 Å². The normalized spacial score (nSPS) is 31.7. The summed E-state index contributed by atoms with van der Waals surface area (Å²) in [6.45, 7) is 5.24. The van der Waals surface area contributed by atoms with Crippen LogP contribution in [0.4, 0.5) is 0 Å². The van der Waals surface area contributed by atoms with Crippen LogP contribution in [0.15, 0.2) is 29.3 Å². The molecule has 0 radical (unpaired) electrons. The van der Waals surface area contributed by atoms with Crippen molar-refractivity contribution in [3.63, 3.8) is 0 Å². The minimum Gasteiger partial charge on any atom is -0.488 e. The SMILES string of the molecule is CC1CSC(=NCC2Cc3ccccc3O2)NC1C. The molecule has 4 heteroatoms. The van der Waals surface area contributed by atoms with Crippen molar-refractivity contribution >= 4 is 16.9 Å². The molecule has 102 valence electrons. The standard InChI is InChI=1S/C15H20N2OS/c1-10-9-19-15(17-11(10)2)16-8-13-7-12-5-3-4-6-14(12)18-13/h3-6,10-11,13H,7-9H2,1-2H3,(H,16,17). The number of hydrogen-bond donors (Lipinski definition) is 1. The van der Waals surface area contributed by atoms with Gasteiger partial charge in [-0.25, -0.2) is 0 Å². The number of benzene rings is 1. The molecule has 0 aliphatic carbocycles. The first-order chi connectivity index (χ1) is 9.22. The molecule has 1 aromatic carbocycles. The van der Waals surface area contributed by atoms with Gasteiger partial charge < -0.3 is 10.1 Å². The summed E-state index contributed by atoms with van der Waals surface area (Å²) in [5, 5.41) is 4.54. The third-order valence-electron chi connectivity index (χ3n) is 3.84. The van der Waals surface area contributed by atoms with Gasteiger partial charge in [0, 0.05) is 18.2 Å². The highest BCUT2D eigenvalue weighted by Gasteiger charge is 2.24. The van der Waals surface area contributed by atoms with Gasteiger partial charge in [-0.15, -0.1) is 0 Å². The first kappa shape index (κ1) is 12.9. The smallest absolute Gasteiger partial charge is 0.156 e. The van der Waals surface area contributed by atoms with Crippen LogP contribution in [0, 0.1) is 5.92 Å². The van der Waals surface area contributed by atoms with Gasteiger partial charge in [0.2, 0.25) is 0 Å². The Balaban J connectivity index is 1.57. The van der Waals surface area contributed by atoms with Gasteiger partial charge in [0.1, 0.15) is 11.9 Å². The molecule has 3 nitrogen and oxygen atoms in total. The Morgan fingerprint density at radius 2 is 2.21 bits per heavy atom. The van der Waals surface area contributed by atoms with E-state index < -0.39 is 0 Å². The van der Waals surface area contributed by atoms with Crippen LogP contribution in [0.5, 0.6) is 5.75 Å². The van der Waals surface area contributed by atoms with Crippen molar-refractivity contribution in [1.82, 2.24) is 5.32 Å². The molecule has 2 aliphatic rings. The lowest BCUT2D eigenvalue weighted by Crippen LogP contribution is -2.41. The lowest BCUT2D eigenvalue weighted by Gasteiger charge is -2.28. The number of ether oxygens (including phenoxy) is 1. The van der Waals surface area contributed by atoms with E-state index in [1.807, 2.05) is 23.9 Å². The Bertz CT molecular complexity index is 464. The average Bonchev–Trinajstić information content (AvgIpc) is 2.83. The number of nitrogens with one attached hydrogen (secondary N) is 1. The Morgan fingerprint density at radius 3 is 3.00 bits per heavy atom. The second kappa shape index (κ2) is 5.45. The van der Waals surface area contributed by atoms with E-state index in [0.29, 0.717) is 12.0 Å². The summed E-state index contributed by atoms with van der Waals surface area (Å²) >= 11 is 1.83. The van der Waals surface area contributed by atoms with Crippen LogP contribution in [0.1, 0.15) is 19.4 Å². The van der Waals surface area contributed by atoms with E-state index in [-0.39, 0.29) is 6.10 Å². The minimum absolute atomic E-state index is 0.196. The first-order valence-corrected chi connectivity index (χ1v) is 7.89. The number of aliphatic imine (C=N–C) groups is 1. The Labute approximate surface area is 118 Å². The molecule has 1 N–H and O–H groups in total. The molecule has 1 aromatic rings. The molecule has 3 rings (SSSR count). The molecule has 0 bridgehead atoms. The molecule has 2 aliphatic heterocycles. The zero-order valence-corrected chi connectivity index (χ0v) is 12.2. The molecule has 1 saturated heterocycles. The first-order valence-electron chi connectivity index (χ1n) is 6.90. The fraction of sp³-hybridized carbons (Fsp3) is 0.533. The van der Waals surface area contributed by atoms with Crippen molar-refractivity contribution in [2.24, 2.45) is 10.9 Å². The van der Waals surface area contributed by atoms with Crippen LogP contribution in [0.25, 0.3) is 0 Å². The number of para-hydroxylation sites is 1. The van der Waals surface area contributed by atoms with E-state index in [9.17, 15) is 0 Å². The number of rotatable bonds is 2. The monoisotopic (exact) mass is 276 g/mol. The summed E-state index contributed by atoms with van der Waals surface area (Å²) in [7, 11) is 0. The van der Waals surface area contributed by atoms with Gasteiger partial charge in [-0.2, -0.15) is 0 Å². The van der Waals surface area contributed by atoms with E-state index in [4.69, 9.17) is 4.74 Å². The third-order valence-corrected chi connectivity index (χ3v) is 5.05. The Hall–Kier alpha value is -1.16. The highest BCUT2D eigenvalue weighted by molar-refractivity contribution is 8.13. The minimum atomic E-state index is 0.196. The summed E-state index contributed by atoms with van der Waals surface area (Å²) in [6, 6.07) is 8.79. The molecule has 2 heterocycles. The summed E-state index contributed by atoms with van der Waals surface area (Å²) in [5.74, 6) is 2.88. The van der Waals surface area contributed by atoms with Gasteiger partial charge in [-0.05, 0) is 24.5 Å². The van der Waals surface area contributed by atoms with Crippen molar-refractivity contribution in [2.75, 3.05) is 12.3 Å². The molecule has 3 atom stereocenters. The number of fused-ring (bicyclic) bond motifs is 1. The summed E-state index contributed by atoms with van der Waals surface area (Å²) in [6.07, 6.45) is 1.17. The van der Waals surface area contributed by atoms with Gasteiger partial charge in [0.25, 0.3) is 0 Å². The van der Waals surface area contributed by atoms with Gasteiger partial charge in [0.15, 0.2) is 5.17 Å². The Morgan fingerprint density at radius 1 is 1.37 bits per heavy atom. The molecule has 0 spiro atoms. The van der Waals surface area contributed by atoms with Crippen LogP contribution in [-0.2, 0) is 6.42 Å². The summed E-state index contributed by atoms with van der Waals surface area (Å²) in [5.41, 5.74) is 1.30. The quantitative estimate of drug-likeness (QED) is 0.901. The van der Waals surface area contributed by atoms with Crippen LogP contribution in [-0.4, -0.2) is 29.6 Å². The van der Waals surface area contributed by atoms with Gasteiger partial charge in [-0.1, -0.05) is 36.9 Å². The van der Waals surface area contributed by atoms with E-state index in [1.54, 1.807) is 0 Å². The molecular formula is C15H20N2OS. The van der Waals surface area contributed by atoms with Gasteiger partial charge in [0.05, 0.1) is 6.54 Å². The van der Waals surface area contributed by atoms with Crippen molar-refractivity contribution in [3.05, 3.63) is 29.8 Å². The number of hydrogen-bond acceptors (Lipinski definition) is 3. The third kappa shape index (κ3) is 2.89. The predicted molar refractivity (Wildman–Crippen MR) is 81.1 cm³/mol. The maximum Gasteiger partial charge on any atom is 0.156 e. The topological polar surface area (TPSA) is 33.6 Å². The van der Waals surface area contributed by atoms with E-state index >= 15 is 0 Å². The van der Waals surface area contributed by atoms with Gasteiger partial charge in [-0.3, -0.25) is 4.99 Å². The molecule has 0 aromatic heterocycles. The lowest BCUT2D eigenvalue weighted by atomic mass is 10.1. The van der Waals surface area contributed by atoms with E-state index in [2.05, 4.69) is 36.3 Å². The summed E-state index contributed by atoms with van der Waals surface area (Å²) in [4.78, 5) is 4.68. The molecule has 0 saturated carbocycles. The molecular weight excluding hydrogens is 256 g/mol. The molecule has 19 heavy (non-hydrogen) atoms. The maximum absolute atomic E-state index is 5.90. The highest BCUT2D eigenvalue weighted by Crippen LogP contribution is 2.28. The van der Waals surface area contributed by atoms with E-state index in [1.165, 1.54) is 5.56 Å². The van der Waals surface area contributed by atoms with Crippen molar-refractivity contribution in [3.8, 4) is 5.75 Å². The zero-order chi connectivity index (χ0) is 13.2. The number of nitrogens with zero attached hydrogens (tertiary/aromatic N) is 1. The summed E-state index contributed by atoms with van der Waals surface area (Å²) < 4.78 is 5.90. The van der Waals surface area contributed by atoms with Crippen molar-refractivity contribution in [2.45, 2.75) is 32.4 Å². The fourth-order valence-electron chi connectivity index (χ4n) is 2.37. The predicted octanol–water partition coefficient (Wildman–Crippen LogP) is 2.71. The van der Waals surface area contributed by atoms with Crippen LogP contribution in [0.3, 0.4) is 0 Å². The number of thioether (sulfide) groups is 1. The fourth-order valence-corrected chi connectivity index (χ4v) is 3.51. The average molecular weight is 276 g/mol. The maximum atomic E-state index is 5.90. The van der Waals surface area contributed by atoms with Crippen molar-refractivity contribution < 1.29 is 4.74 Å². The van der Waals surface area contributed by atoms with E-state index in [0.717, 1.165) is 29.6 Å².